The third-order valence-electron chi connectivity index (χ3n) is 4.66. The third-order valence-corrected chi connectivity index (χ3v) is 4.66. The van der Waals surface area contributed by atoms with Crippen LogP contribution in [0.15, 0.2) is 18.2 Å². The Morgan fingerprint density at radius 3 is 2.64 bits per heavy atom. The zero-order valence-corrected chi connectivity index (χ0v) is 13.2. The monoisotopic (exact) mass is 304 g/mol. The highest BCUT2D eigenvalue weighted by atomic mass is 16.4. The maximum atomic E-state index is 12.3. The van der Waals surface area contributed by atoms with Gasteiger partial charge in [0.2, 0.25) is 5.91 Å². The van der Waals surface area contributed by atoms with Gasteiger partial charge in [0, 0.05) is 13.1 Å². The molecule has 1 aromatic rings. The summed E-state index contributed by atoms with van der Waals surface area (Å²) in [5.74, 6) is -1.45. The Morgan fingerprint density at radius 2 is 2.00 bits per heavy atom. The Labute approximate surface area is 131 Å². The summed E-state index contributed by atoms with van der Waals surface area (Å²) >= 11 is 0. The van der Waals surface area contributed by atoms with Crippen molar-refractivity contribution in [2.45, 2.75) is 46.2 Å². The van der Waals surface area contributed by atoms with Crippen LogP contribution in [0.2, 0.25) is 0 Å². The molecular formula is C17H24N2O3. The molecule has 2 rings (SSSR count). The highest BCUT2D eigenvalue weighted by molar-refractivity contribution is 6.01. The van der Waals surface area contributed by atoms with Crippen molar-refractivity contribution >= 4 is 11.9 Å². The van der Waals surface area contributed by atoms with Gasteiger partial charge in [0.15, 0.2) is 0 Å². The molecule has 0 saturated heterocycles. The van der Waals surface area contributed by atoms with Crippen LogP contribution in [-0.4, -0.2) is 23.5 Å². The summed E-state index contributed by atoms with van der Waals surface area (Å²) < 4.78 is 0. The summed E-state index contributed by atoms with van der Waals surface area (Å²) in [6.45, 7) is 5.70. The van der Waals surface area contributed by atoms with Gasteiger partial charge in [0.05, 0.1) is 0 Å². The molecule has 0 aromatic heterocycles. The van der Waals surface area contributed by atoms with Crippen molar-refractivity contribution in [1.82, 2.24) is 10.6 Å². The first-order valence-electron chi connectivity index (χ1n) is 7.86. The molecule has 0 radical (unpaired) electrons. The molecule has 0 unspecified atom stereocenters. The summed E-state index contributed by atoms with van der Waals surface area (Å²) in [5, 5.41) is 15.5. The largest absolute Gasteiger partial charge is 0.480 e. The van der Waals surface area contributed by atoms with E-state index in [4.69, 9.17) is 0 Å². The molecule has 3 N–H and O–H groups in total. The van der Waals surface area contributed by atoms with Crippen LogP contribution < -0.4 is 10.6 Å². The second kappa shape index (κ2) is 6.92. The zero-order chi connectivity index (χ0) is 16.2. The fourth-order valence-corrected chi connectivity index (χ4v) is 2.96. The molecule has 1 aromatic carbocycles. The Hall–Kier alpha value is -1.88. The van der Waals surface area contributed by atoms with Gasteiger partial charge in [-0.05, 0) is 42.5 Å². The number of nitrogens with one attached hydrogen (secondary N) is 2. The van der Waals surface area contributed by atoms with Crippen LogP contribution in [0.5, 0.6) is 0 Å². The first kappa shape index (κ1) is 16.5. The molecule has 5 heteroatoms. The summed E-state index contributed by atoms with van der Waals surface area (Å²) in [6, 6.07) is 6.18. The molecule has 0 saturated carbocycles. The van der Waals surface area contributed by atoms with E-state index >= 15 is 0 Å². The van der Waals surface area contributed by atoms with Crippen LogP contribution in [0.25, 0.3) is 0 Å². The third kappa shape index (κ3) is 3.14. The van der Waals surface area contributed by atoms with Gasteiger partial charge >= 0.3 is 5.97 Å². The highest BCUT2D eigenvalue weighted by Gasteiger charge is 2.42. The lowest BCUT2D eigenvalue weighted by Crippen LogP contribution is -2.45. The summed E-state index contributed by atoms with van der Waals surface area (Å²) in [6.07, 6.45) is 1.57. The van der Waals surface area contributed by atoms with Crippen molar-refractivity contribution in [3.8, 4) is 0 Å². The van der Waals surface area contributed by atoms with Gasteiger partial charge in [-0.2, -0.15) is 0 Å². The molecule has 0 atom stereocenters. The van der Waals surface area contributed by atoms with Crippen molar-refractivity contribution in [2.24, 2.45) is 5.41 Å². The second-order valence-electron chi connectivity index (χ2n) is 5.81. The quantitative estimate of drug-likeness (QED) is 0.701. The minimum absolute atomic E-state index is 0.292. The molecule has 1 aliphatic heterocycles. The smallest absolute Gasteiger partial charge is 0.319 e. The molecule has 0 bridgehead atoms. The van der Waals surface area contributed by atoms with Crippen molar-refractivity contribution in [3.05, 3.63) is 34.9 Å². The topological polar surface area (TPSA) is 78.4 Å². The minimum atomic E-state index is -1.32. The summed E-state index contributed by atoms with van der Waals surface area (Å²) in [5.41, 5.74) is 2.29. The Balaban J connectivity index is 2.06. The second-order valence-corrected chi connectivity index (χ2v) is 5.81. The SMILES string of the molecule is CCC(CC)(C(=O)O)C(=O)NCc1ccc2c(c1)CCNC2. The molecule has 0 spiro atoms. The normalized spacial score (nSPS) is 14.3. The molecule has 1 amide bonds. The average molecular weight is 304 g/mol. The van der Waals surface area contributed by atoms with Crippen molar-refractivity contribution in [3.63, 3.8) is 0 Å². The van der Waals surface area contributed by atoms with Crippen LogP contribution in [0.4, 0.5) is 0 Å². The van der Waals surface area contributed by atoms with Gasteiger partial charge < -0.3 is 15.7 Å². The summed E-state index contributed by atoms with van der Waals surface area (Å²) in [7, 11) is 0. The van der Waals surface area contributed by atoms with Gasteiger partial charge in [-0.1, -0.05) is 32.0 Å². The van der Waals surface area contributed by atoms with Crippen molar-refractivity contribution in [1.29, 1.82) is 0 Å². The average Bonchev–Trinajstić information content (AvgIpc) is 2.54. The number of rotatable bonds is 6. The number of fused-ring (bicyclic) bond motifs is 1. The highest BCUT2D eigenvalue weighted by Crippen LogP contribution is 2.27. The van der Waals surface area contributed by atoms with Crippen molar-refractivity contribution in [2.75, 3.05) is 6.54 Å². The lowest BCUT2D eigenvalue weighted by Gasteiger charge is -2.25. The fourth-order valence-electron chi connectivity index (χ4n) is 2.96. The first-order valence-corrected chi connectivity index (χ1v) is 7.86. The Bertz CT molecular complexity index is 565. The van der Waals surface area contributed by atoms with Gasteiger partial charge in [-0.25, -0.2) is 0 Å². The molecule has 1 aliphatic rings. The van der Waals surface area contributed by atoms with E-state index in [0.717, 1.165) is 25.1 Å². The number of carbonyl (C=O) groups excluding carboxylic acids is 1. The molecule has 0 aliphatic carbocycles. The predicted octanol–water partition coefficient (Wildman–Crippen LogP) is 1.84. The number of carboxylic acid groups (broad SMARTS) is 1. The number of hydrogen-bond donors (Lipinski definition) is 3. The van der Waals surface area contributed by atoms with Gasteiger partial charge in [-0.3, -0.25) is 9.59 Å². The molecule has 120 valence electrons. The minimum Gasteiger partial charge on any atom is -0.480 e. The molecular weight excluding hydrogens is 280 g/mol. The van der Waals surface area contributed by atoms with Crippen LogP contribution in [0.3, 0.4) is 0 Å². The molecule has 5 nitrogen and oxygen atoms in total. The number of carboxylic acids is 1. The maximum absolute atomic E-state index is 12.3. The van der Waals surface area contributed by atoms with Crippen LogP contribution in [-0.2, 0) is 29.1 Å². The Morgan fingerprint density at radius 1 is 1.27 bits per heavy atom. The molecule has 22 heavy (non-hydrogen) atoms. The summed E-state index contributed by atoms with van der Waals surface area (Å²) in [4.78, 5) is 23.8. The van der Waals surface area contributed by atoms with Crippen LogP contribution in [0.1, 0.15) is 43.4 Å². The van der Waals surface area contributed by atoms with Gasteiger partial charge in [0.1, 0.15) is 5.41 Å². The van der Waals surface area contributed by atoms with E-state index in [-0.39, 0.29) is 0 Å². The van der Waals surface area contributed by atoms with E-state index in [9.17, 15) is 14.7 Å². The van der Waals surface area contributed by atoms with Gasteiger partial charge in [-0.15, -0.1) is 0 Å². The maximum Gasteiger partial charge on any atom is 0.319 e. The number of amides is 1. The van der Waals surface area contributed by atoms with E-state index < -0.39 is 17.3 Å². The Kier molecular flexibility index (Phi) is 5.19. The lowest BCUT2D eigenvalue weighted by atomic mass is 9.81. The molecule has 0 fully saturated rings. The zero-order valence-electron chi connectivity index (χ0n) is 13.2. The first-order chi connectivity index (χ1) is 10.5. The van der Waals surface area contributed by atoms with E-state index in [1.54, 1.807) is 13.8 Å². The van der Waals surface area contributed by atoms with E-state index in [1.807, 2.05) is 6.07 Å². The fraction of sp³-hybridized carbons (Fsp3) is 0.529. The van der Waals surface area contributed by atoms with E-state index in [0.29, 0.717) is 19.4 Å². The van der Waals surface area contributed by atoms with Crippen molar-refractivity contribution < 1.29 is 14.7 Å². The number of aliphatic carboxylic acids is 1. The van der Waals surface area contributed by atoms with Crippen LogP contribution >= 0.6 is 0 Å². The number of hydrogen-bond acceptors (Lipinski definition) is 3. The van der Waals surface area contributed by atoms with Crippen LogP contribution in [0, 0.1) is 5.41 Å². The number of benzene rings is 1. The standard InChI is InChI=1S/C17H24N2O3/c1-3-17(4-2,16(21)22)15(20)19-10-12-5-6-14-11-18-8-7-13(14)9-12/h5-6,9,18H,3-4,7-8,10-11H2,1-2H3,(H,19,20)(H,21,22). The lowest BCUT2D eigenvalue weighted by molar-refractivity contribution is -0.156. The molecule has 1 heterocycles. The van der Waals surface area contributed by atoms with E-state index in [2.05, 4.69) is 22.8 Å². The number of carbonyl (C=O) groups is 2. The predicted molar refractivity (Wildman–Crippen MR) is 84.4 cm³/mol. The van der Waals surface area contributed by atoms with Gasteiger partial charge in [0.25, 0.3) is 0 Å². The van der Waals surface area contributed by atoms with E-state index in [1.165, 1.54) is 11.1 Å².